The fourth-order valence-corrected chi connectivity index (χ4v) is 2.41. The zero-order chi connectivity index (χ0) is 12.3. The number of carbonyl (C=O) groups excluding carboxylic acids is 1. The summed E-state index contributed by atoms with van der Waals surface area (Å²) in [4.78, 5) is 11.9. The maximum absolute atomic E-state index is 11.9. The Balaban J connectivity index is 1.87. The van der Waals surface area contributed by atoms with E-state index in [-0.39, 0.29) is 5.91 Å². The summed E-state index contributed by atoms with van der Waals surface area (Å²) in [6.07, 6.45) is 5.07. The molecule has 1 amide bonds. The second-order valence-electron chi connectivity index (χ2n) is 4.58. The molecule has 0 radical (unpaired) electrons. The standard InChI is InChI=1S/C13H17BrN2O/c14-12-5-4-10(15)8-11(12)13(17)16-7-6-9-2-1-3-9/h4-5,8-9H,1-3,6-7,15H2,(H,16,17). The van der Waals surface area contributed by atoms with E-state index < -0.39 is 0 Å². The van der Waals surface area contributed by atoms with Crippen LogP contribution in [0.25, 0.3) is 0 Å². The van der Waals surface area contributed by atoms with Crippen molar-refractivity contribution < 1.29 is 4.79 Å². The van der Waals surface area contributed by atoms with Gasteiger partial charge in [0.1, 0.15) is 0 Å². The number of nitrogen functional groups attached to an aromatic ring is 1. The van der Waals surface area contributed by atoms with Crippen LogP contribution in [0.3, 0.4) is 0 Å². The van der Waals surface area contributed by atoms with Gasteiger partial charge in [0, 0.05) is 16.7 Å². The molecule has 0 bridgehead atoms. The lowest BCUT2D eigenvalue weighted by atomic mass is 9.83. The minimum Gasteiger partial charge on any atom is -0.399 e. The summed E-state index contributed by atoms with van der Waals surface area (Å²) in [5.41, 5.74) is 6.89. The van der Waals surface area contributed by atoms with E-state index in [4.69, 9.17) is 5.73 Å². The summed E-state index contributed by atoms with van der Waals surface area (Å²) in [6, 6.07) is 5.27. The predicted octanol–water partition coefficient (Wildman–Crippen LogP) is 2.95. The Morgan fingerprint density at radius 3 is 2.88 bits per heavy atom. The van der Waals surface area contributed by atoms with E-state index in [1.54, 1.807) is 18.2 Å². The lowest BCUT2D eigenvalue weighted by Gasteiger charge is -2.25. The molecular weight excluding hydrogens is 280 g/mol. The third-order valence-corrected chi connectivity index (χ3v) is 3.99. The number of amides is 1. The molecule has 0 aromatic heterocycles. The molecule has 1 aromatic carbocycles. The molecule has 1 saturated carbocycles. The summed E-state index contributed by atoms with van der Waals surface area (Å²) < 4.78 is 0.785. The molecule has 2 rings (SSSR count). The smallest absolute Gasteiger partial charge is 0.252 e. The van der Waals surface area contributed by atoms with Crippen molar-refractivity contribution in [2.45, 2.75) is 25.7 Å². The molecule has 0 saturated heterocycles. The number of rotatable bonds is 4. The minimum atomic E-state index is -0.0523. The fraction of sp³-hybridized carbons (Fsp3) is 0.462. The maximum Gasteiger partial charge on any atom is 0.252 e. The molecule has 1 aromatic rings. The van der Waals surface area contributed by atoms with E-state index in [0.29, 0.717) is 11.3 Å². The van der Waals surface area contributed by atoms with Crippen molar-refractivity contribution in [3.8, 4) is 0 Å². The highest BCUT2D eigenvalue weighted by atomic mass is 79.9. The molecule has 0 unspecified atom stereocenters. The van der Waals surface area contributed by atoms with Crippen molar-refractivity contribution in [3.63, 3.8) is 0 Å². The first kappa shape index (κ1) is 12.4. The van der Waals surface area contributed by atoms with Crippen molar-refractivity contribution in [2.75, 3.05) is 12.3 Å². The maximum atomic E-state index is 11.9. The summed E-state index contributed by atoms with van der Waals surface area (Å²) >= 11 is 3.36. The zero-order valence-corrected chi connectivity index (χ0v) is 11.3. The molecular formula is C13H17BrN2O. The van der Waals surface area contributed by atoms with Gasteiger partial charge in [0.2, 0.25) is 0 Å². The Kier molecular flexibility index (Phi) is 4.05. The minimum absolute atomic E-state index is 0.0523. The first-order chi connectivity index (χ1) is 8.16. The molecule has 3 N–H and O–H groups in total. The average Bonchev–Trinajstić information content (AvgIpc) is 2.25. The van der Waals surface area contributed by atoms with Crippen LogP contribution in [0, 0.1) is 5.92 Å². The van der Waals surface area contributed by atoms with Gasteiger partial charge in [-0.3, -0.25) is 4.79 Å². The first-order valence-corrected chi connectivity index (χ1v) is 6.79. The van der Waals surface area contributed by atoms with Gasteiger partial charge in [-0.2, -0.15) is 0 Å². The van der Waals surface area contributed by atoms with Crippen LogP contribution in [0.2, 0.25) is 0 Å². The number of anilines is 1. The molecule has 0 heterocycles. The van der Waals surface area contributed by atoms with Crippen LogP contribution in [0.15, 0.2) is 22.7 Å². The van der Waals surface area contributed by atoms with Crippen LogP contribution in [0.5, 0.6) is 0 Å². The van der Waals surface area contributed by atoms with Crippen LogP contribution in [0.1, 0.15) is 36.0 Å². The van der Waals surface area contributed by atoms with Crippen molar-refractivity contribution >= 4 is 27.5 Å². The van der Waals surface area contributed by atoms with Crippen LogP contribution in [0.4, 0.5) is 5.69 Å². The molecule has 4 heteroatoms. The van der Waals surface area contributed by atoms with Crippen molar-refractivity contribution in [1.82, 2.24) is 5.32 Å². The second-order valence-corrected chi connectivity index (χ2v) is 5.44. The molecule has 0 atom stereocenters. The quantitative estimate of drug-likeness (QED) is 0.840. The van der Waals surface area contributed by atoms with Crippen LogP contribution >= 0.6 is 15.9 Å². The molecule has 1 aliphatic carbocycles. The van der Waals surface area contributed by atoms with Gasteiger partial charge in [-0.25, -0.2) is 0 Å². The Morgan fingerprint density at radius 2 is 2.24 bits per heavy atom. The van der Waals surface area contributed by atoms with Gasteiger partial charge in [0.25, 0.3) is 5.91 Å². The van der Waals surface area contributed by atoms with E-state index in [2.05, 4.69) is 21.2 Å². The summed E-state index contributed by atoms with van der Waals surface area (Å²) in [5.74, 6) is 0.767. The van der Waals surface area contributed by atoms with Gasteiger partial charge < -0.3 is 11.1 Å². The van der Waals surface area contributed by atoms with E-state index in [1.807, 2.05) is 0 Å². The number of nitrogens with one attached hydrogen (secondary N) is 1. The zero-order valence-electron chi connectivity index (χ0n) is 9.71. The van der Waals surface area contributed by atoms with E-state index >= 15 is 0 Å². The number of benzene rings is 1. The van der Waals surface area contributed by atoms with Gasteiger partial charge in [-0.05, 0) is 46.5 Å². The molecule has 17 heavy (non-hydrogen) atoms. The normalized spacial score (nSPS) is 15.4. The van der Waals surface area contributed by atoms with Crippen molar-refractivity contribution in [2.24, 2.45) is 5.92 Å². The van der Waals surface area contributed by atoms with Crippen LogP contribution < -0.4 is 11.1 Å². The molecule has 3 nitrogen and oxygen atoms in total. The van der Waals surface area contributed by atoms with Crippen LogP contribution in [-0.2, 0) is 0 Å². The summed E-state index contributed by atoms with van der Waals surface area (Å²) in [5, 5.41) is 2.94. The highest BCUT2D eigenvalue weighted by Crippen LogP contribution is 2.28. The van der Waals surface area contributed by atoms with Gasteiger partial charge in [0.15, 0.2) is 0 Å². The highest BCUT2D eigenvalue weighted by molar-refractivity contribution is 9.10. The number of hydrogen-bond donors (Lipinski definition) is 2. The van der Waals surface area contributed by atoms with E-state index in [9.17, 15) is 4.79 Å². The molecule has 0 spiro atoms. The lowest BCUT2D eigenvalue weighted by Crippen LogP contribution is -2.27. The lowest BCUT2D eigenvalue weighted by molar-refractivity contribution is 0.0948. The molecule has 1 aliphatic rings. The number of hydrogen-bond acceptors (Lipinski definition) is 2. The number of halogens is 1. The fourth-order valence-electron chi connectivity index (χ4n) is 1.98. The van der Waals surface area contributed by atoms with E-state index in [1.165, 1.54) is 19.3 Å². The Bertz CT molecular complexity index is 416. The van der Waals surface area contributed by atoms with Gasteiger partial charge in [-0.15, -0.1) is 0 Å². The third-order valence-electron chi connectivity index (χ3n) is 3.30. The average molecular weight is 297 g/mol. The number of carbonyl (C=O) groups is 1. The summed E-state index contributed by atoms with van der Waals surface area (Å²) in [6.45, 7) is 0.755. The Morgan fingerprint density at radius 1 is 1.47 bits per heavy atom. The summed E-state index contributed by atoms with van der Waals surface area (Å²) in [7, 11) is 0. The van der Waals surface area contributed by atoms with Crippen LogP contribution in [-0.4, -0.2) is 12.5 Å². The predicted molar refractivity (Wildman–Crippen MR) is 72.8 cm³/mol. The highest BCUT2D eigenvalue weighted by Gasteiger charge is 2.17. The van der Waals surface area contributed by atoms with E-state index in [0.717, 1.165) is 23.4 Å². The van der Waals surface area contributed by atoms with Gasteiger partial charge in [0.05, 0.1) is 5.56 Å². The SMILES string of the molecule is Nc1ccc(Br)c(C(=O)NCCC2CCC2)c1. The monoisotopic (exact) mass is 296 g/mol. The van der Waals surface area contributed by atoms with Gasteiger partial charge in [-0.1, -0.05) is 19.3 Å². The van der Waals surface area contributed by atoms with Gasteiger partial charge >= 0.3 is 0 Å². The number of nitrogens with two attached hydrogens (primary N) is 1. The Labute approximate surface area is 110 Å². The molecule has 0 aliphatic heterocycles. The Hall–Kier alpha value is -1.03. The second kappa shape index (κ2) is 5.54. The molecule has 1 fully saturated rings. The third kappa shape index (κ3) is 3.22. The topological polar surface area (TPSA) is 55.1 Å². The largest absolute Gasteiger partial charge is 0.399 e. The first-order valence-electron chi connectivity index (χ1n) is 6.00. The molecule has 92 valence electrons. The van der Waals surface area contributed by atoms with Crippen molar-refractivity contribution in [3.05, 3.63) is 28.2 Å². The van der Waals surface area contributed by atoms with Crippen molar-refractivity contribution in [1.29, 1.82) is 0 Å².